The summed E-state index contributed by atoms with van der Waals surface area (Å²) in [7, 11) is 1.67. The highest BCUT2D eigenvalue weighted by molar-refractivity contribution is 5.95. The number of carbonyl (C=O) groups is 2. The Morgan fingerprint density at radius 3 is 2.12 bits per heavy atom. The summed E-state index contributed by atoms with van der Waals surface area (Å²) >= 11 is 0. The first kappa shape index (κ1) is 28.6. The number of hydrogen-bond donors (Lipinski definition) is 1. The van der Waals surface area contributed by atoms with E-state index in [1.165, 1.54) is 24.0 Å². The molecule has 4 rings (SSSR count). The van der Waals surface area contributed by atoms with Crippen molar-refractivity contribution in [3.05, 3.63) is 53.5 Å². The van der Waals surface area contributed by atoms with E-state index in [1.807, 2.05) is 0 Å². The van der Waals surface area contributed by atoms with E-state index in [-0.39, 0.29) is 35.1 Å². The number of halogens is 6. The highest BCUT2D eigenvalue weighted by atomic mass is 19.4. The first-order valence-corrected chi connectivity index (χ1v) is 11.6. The molecule has 1 aliphatic rings. The third-order valence-corrected chi connectivity index (χ3v) is 5.57. The molecule has 214 valence electrons. The molecule has 17 heteroatoms. The Labute approximate surface area is 222 Å². The van der Waals surface area contributed by atoms with Crippen LogP contribution in [0.5, 0.6) is 11.5 Å². The molecule has 1 atom stereocenters. The van der Waals surface area contributed by atoms with Crippen LogP contribution in [0.1, 0.15) is 58.3 Å². The Bertz CT molecular complexity index is 1370. The summed E-state index contributed by atoms with van der Waals surface area (Å²) in [6, 6.07) is 0.747. The Morgan fingerprint density at radius 2 is 1.62 bits per heavy atom. The fourth-order valence-corrected chi connectivity index (χ4v) is 3.66. The number of aromatic nitrogens is 5. The number of hydrogen-bond acceptors (Lipinski definition) is 8. The molecule has 3 aromatic rings. The van der Waals surface area contributed by atoms with Crippen LogP contribution in [0.25, 0.3) is 5.82 Å². The molecule has 0 spiro atoms. The van der Waals surface area contributed by atoms with Crippen molar-refractivity contribution in [3.63, 3.8) is 0 Å². The van der Waals surface area contributed by atoms with Crippen molar-refractivity contribution >= 4 is 11.8 Å². The maximum absolute atomic E-state index is 12.8. The van der Waals surface area contributed by atoms with Crippen LogP contribution < -0.4 is 14.8 Å². The van der Waals surface area contributed by atoms with Crippen LogP contribution in [0.15, 0.2) is 30.6 Å². The number of amides is 2. The van der Waals surface area contributed by atoms with Crippen molar-refractivity contribution < 1.29 is 45.4 Å². The minimum Gasteiger partial charge on any atom is -0.406 e. The van der Waals surface area contributed by atoms with E-state index < -0.39 is 41.7 Å². The van der Waals surface area contributed by atoms with Gasteiger partial charge in [0.15, 0.2) is 11.6 Å². The summed E-state index contributed by atoms with van der Waals surface area (Å²) < 4.78 is 84.8. The SMILES string of the molecule is Cc1nc([C@H](C)NC(=O)c2cc(OC(F)(F)F)cc(OC(F)(F)F)c2)n(-c2cnc(C(=O)N(C)C3CC3)cn2)n1. The Balaban J connectivity index is 1.56. The van der Waals surface area contributed by atoms with Gasteiger partial charge in [-0.15, -0.1) is 31.4 Å². The van der Waals surface area contributed by atoms with Crippen molar-refractivity contribution in [2.24, 2.45) is 0 Å². The van der Waals surface area contributed by atoms with Gasteiger partial charge in [-0.1, -0.05) is 0 Å². The van der Waals surface area contributed by atoms with Crippen molar-refractivity contribution in [1.29, 1.82) is 0 Å². The lowest BCUT2D eigenvalue weighted by Gasteiger charge is -2.17. The van der Waals surface area contributed by atoms with Gasteiger partial charge in [0.2, 0.25) is 0 Å². The summed E-state index contributed by atoms with van der Waals surface area (Å²) in [5, 5.41) is 6.64. The van der Waals surface area contributed by atoms with Crippen LogP contribution in [-0.2, 0) is 0 Å². The number of benzene rings is 1. The molecule has 1 aromatic carbocycles. The lowest BCUT2D eigenvalue weighted by Crippen LogP contribution is -2.30. The maximum atomic E-state index is 12.8. The second kappa shape index (κ2) is 10.6. The zero-order chi connectivity index (χ0) is 29.4. The van der Waals surface area contributed by atoms with Gasteiger partial charge in [0, 0.05) is 24.7 Å². The lowest BCUT2D eigenvalue weighted by atomic mass is 10.1. The van der Waals surface area contributed by atoms with Crippen molar-refractivity contribution in [2.45, 2.75) is 51.5 Å². The smallest absolute Gasteiger partial charge is 0.406 e. The molecule has 1 N–H and O–H groups in total. The molecule has 2 heterocycles. The molecule has 0 bridgehead atoms. The molecule has 11 nitrogen and oxygen atoms in total. The highest BCUT2D eigenvalue weighted by Gasteiger charge is 2.35. The van der Waals surface area contributed by atoms with E-state index in [0.717, 1.165) is 12.8 Å². The van der Waals surface area contributed by atoms with Crippen LogP contribution in [0, 0.1) is 6.92 Å². The Kier molecular flexibility index (Phi) is 7.58. The largest absolute Gasteiger partial charge is 0.573 e. The van der Waals surface area contributed by atoms with Gasteiger partial charge < -0.3 is 19.7 Å². The molecule has 1 aliphatic carbocycles. The zero-order valence-electron chi connectivity index (χ0n) is 21.0. The monoisotopic (exact) mass is 573 g/mol. The van der Waals surface area contributed by atoms with Crippen LogP contribution in [0.3, 0.4) is 0 Å². The van der Waals surface area contributed by atoms with Gasteiger partial charge in [-0.25, -0.2) is 15.0 Å². The molecule has 1 saturated carbocycles. The normalized spacial score (nSPS) is 14.4. The molecule has 0 aliphatic heterocycles. The van der Waals surface area contributed by atoms with Crippen LogP contribution in [0.2, 0.25) is 0 Å². The minimum absolute atomic E-state index is 0.107. The summed E-state index contributed by atoms with van der Waals surface area (Å²) in [5.74, 6) is -3.04. The summed E-state index contributed by atoms with van der Waals surface area (Å²) in [6.45, 7) is 3.00. The number of alkyl halides is 6. The third kappa shape index (κ3) is 7.15. The molecule has 2 amide bonds. The van der Waals surface area contributed by atoms with Crippen molar-refractivity contribution in [1.82, 2.24) is 34.9 Å². The van der Waals surface area contributed by atoms with Gasteiger partial charge in [0.05, 0.1) is 18.4 Å². The van der Waals surface area contributed by atoms with Gasteiger partial charge in [0.25, 0.3) is 11.8 Å². The van der Waals surface area contributed by atoms with Gasteiger partial charge in [-0.3, -0.25) is 9.59 Å². The van der Waals surface area contributed by atoms with E-state index in [0.29, 0.717) is 18.2 Å². The first-order valence-electron chi connectivity index (χ1n) is 11.6. The molecule has 2 aromatic heterocycles. The Morgan fingerprint density at radius 1 is 1.02 bits per heavy atom. The number of ether oxygens (including phenoxy) is 2. The van der Waals surface area contributed by atoms with Crippen molar-refractivity contribution in [3.8, 4) is 17.3 Å². The van der Waals surface area contributed by atoms with Gasteiger partial charge in [-0.05, 0) is 38.8 Å². The second-order valence-electron chi connectivity index (χ2n) is 8.82. The second-order valence-corrected chi connectivity index (χ2v) is 8.82. The molecular weight excluding hydrogens is 552 g/mol. The topological polar surface area (TPSA) is 124 Å². The number of rotatable bonds is 8. The molecule has 0 saturated heterocycles. The molecule has 0 radical (unpaired) electrons. The van der Waals surface area contributed by atoms with E-state index in [4.69, 9.17) is 0 Å². The predicted molar refractivity (Wildman–Crippen MR) is 122 cm³/mol. The molecule has 0 unspecified atom stereocenters. The fourth-order valence-electron chi connectivity index (χ4n) is 3.66. The molecular formula is C23H21F6N7O4. The first-order chi connectivity index (χ1) is 18.6. The summed E-state index contributed by atoms with van der Waals surface area (Å²) in [4.78, 5) is 39.5. The zero-order valence-corrected chi connectivity index (χ0v) is 21.0. The minimum atomic E-state index is -5.24. The predicted octanol–water partition coefficient (Wildman–Crippen LogP) is 3.89. The maximum Gasteiger partial charge on any atom is 0.573 e. The third-order valence-electron chi connectivity index (χ3n) is 5.57. The highest BCUT2D eigenvalue weighted by Crippen LogP contribution is 2.32. The fraction of sp³-hybridized carbons (Fsp3) is 0.391. The lowest BCUT2D eigenvalue weighted by molar-refractivity contribution is -0.276. The average Bonchev–Trinajstić information content (AvgIpc) is 3.62. The Hall–Kier alpha value is -4.44. The van der Waals surface area contributed by atoms with E-state index in [1.54, 1.807) is 18.9 Å². The van der Waals surface area contributed by atoms with E-state index >= 15 is 0 Å². The van der Waals surface area contributed by atoms with E-state index in [9.17, 15) is 35.9 Å². The molecule has 1 fully saturated rings. The van der Waals surface area contributed by atoms with Crippen molar-refractivity contribution in [2.75, 3.05) is 7.05 Å². The number of nitrogens with one attached hydrogen (secondary N) is 1. The van der Waals surface area contributed by atoms with Gasteiger partial charge in [0.1, 0.15) is 23.0 Å². The number of aryl methyl sites for hydroxylation is 1. The molecule has 40 heavy (non-hydrogen) atoms. The summed E-state index contributed by atoms with van der Waals surface area (Å²) in [6.07, 6.45) is -6.11. The standard InChI is InChI=1S/C23H21F6N7O4/c1-11(32-20(37)13-6-15(39-22(24,25)26)8-16(7-13)40-23(27,28)29)19-33-12(2)34-36(19)18-10-30-17(9-31-18)21(38)35(3)14-4-5-14/h6-11,14H,4-5H2,1-3H3,(H,32,37)/t11-/m0/s1. The van der Waals surface area contributed by atoms with Crippen LogP contribution in [-0.4, -0.2) is 67.3 Å². The number of carbonyl (C=O) groups excluding carboxylic acids is 2. The van der Waals surface area contributed by atoms with Gasteiger partial charge in [-0.2, -0.15) is 4.68 Å². The summed E-state index contributed by atoms with van der Waals surface area (Å²) in [5.41, 5.74) is -0.506. The van der Waals surface area contributed by atoms with E-state index in [2.05, 4.69) is 34.8 Å². The average molecular weight is 573 g/mol. The van der Waals surface area contributed by atoms with Gasteiger partial charge >= 0.3 is 12.7 Å². The van der Waals surface area contributed by atoms with Crippen LogP contribution in [0.4, 0.5) is 26.3 Å². The quantitative estimate of drug-likeness (QED) is 0.403. The van der Waals surface area contributed by atoms with Crippen LogP contribution >= 0.6 is 0 Å². The number of nitrogens with zero attached hydrogens (tertiary/aromatic N) is 6.